The molecule has 20 heavy (non-hydrogen) atoms. The minimum atomic E-state index is 0.316. The Kier molecular flexibility index (Phi) is 4.02. The molecular formula is C17H22ClNO. The van der Waals surface area contributed by atoms with Crippen LogP contribution in [0.1, 0.15) is 44.1 Å². The highest BCUT2D eigenvalue weighted by Crippen LogP contribution is 2.47. The number of carbonyl (C=O) groups is 1. The van der Waals surface area contributed by atoms with Crippen LogP contribution in [0, 0.1) is 5.41 Å². The monoisotopic (exact) mass is 291 g/mol. The van der Waals surface area contributed by atoms with Crippen molar-refractivity contribution in [2.45, 2.75) is 44.9 Å². The van der Waals surface area contributed by atoms with Crippen LogP contribution in [-0.4, -0.2) is 23.9 Å². The van der Waals surface area contributed by atoms with Crippen LogP contribution in [0.2, 0.25) is 5.02 Å². The Morgan fingerprint density at radius 2 is 2.05 bits per heavy atom. The van der Waals surface area contributed by atoms with E-state index in [0.717, 1.165) is 30.1 Å². The van der Waals surface area contributed by atoms with Gasteiger partial charge in [-0.05, 0) is 55.2 Å². The molecule has 1 saturated carbocycles. The predicted octanol–water partition coefficient (Wildman–Crippen LogP) is 4.07. The molecule has 108 valence electrons. The van der Waals surface area contributed by atoms with E-state index in [2.05, 4.69) is 4.90 Å². The largest absolute Gasteiger partial charge is 0.342 e. The zero-order valence-electron chi connectivity index (χ0n) is 11.9. The number of carbonyl (C=O) groups excluding carboxylic acids is 1. The maximum atomic E-state index is 12.4. The van der Waals surface area contributed by atoms with Gasteiger partial charge in [-0.2, -0.15) is 0 Å². The molecule has 3 heteroatoms. The number of likely N-dealkylation sites (tertiary alicyclic amines) is 1. The Labute approximate surface area is 126 Å². The van der Waals surface area contributed by atoms with E-state index in [-0.39, 0.29) is 0 Å². The second-order valence-corrected chi connectivity index (χ2v) is 6.84. The number of aryl methyl sites for hydroxylation is 1. The molecule has 0 atom stereocenters. The number of hydrogen-bond acceptors (Lipinski definition) is 1. The molecule has 1 spiro atoms. The molecule has 3 rings (SSSR count). The summed E-state index contributed by atoms with van der Waals surface area (Å²) >= 11 is 5.98. The average molecular weight is 292 g/mol. The summed E-state index contributed by atoms with van der Waals surface area (Å²) in [5.74, 6) is 0.316. The Balaban J connectivity index is 1.54. The molecule has 2 fully saturated rings. The van der Waals surface area contributed by atoms with Gasteiger partial charge in [0.1, 0.15) is 0 Å². The maximum absolute atomic E-state index is 12.4. The maximum Gasteiger partial charge on any atom is 0.222 e. The lowest BCUT2D eigenvalue weighted by Crippen LogP contribution is -2.49. The van der Waals surface area contributed by atoms with Crippen molar-refractivity contribution in [3.8, 4) is 0 Å². The van der Waals surface area contributed by atoms with Gasteiger partial charge >= 0.3 is 0 Å². The van der Waals surface area contributed by atoms with Gasteiger partial charge in [0.15, 0.2) is 0 Å². The summed E-state index contributed by atoms with van der Waals surface area (Å²) in [6.07, 6.45) is 7.91. The zero-order chi connectivity index (χ0) is 14.0. The Morgan fingerprint density at radius 3 is 2.75 bits per heavy atom. The fourth-order valence-corrected chi connectivity index (χ4v) is 3.82. The zero-order valence-corrected chi connectivity index (χ0v) is 12.7. The molecule has 2 aliphatic rings. The lowest BCUT2D eigenvalue weighted by atomic mass is 9.64. The third-order valence-electron chi connectivity index (χ3n) is 4.94. The summed E-state index contributed by atoms with van der Waals surface area (Å²) in [6, 6.07) is 7.82. The van der Waals surface area contributed by atoms with Crippen molar-refractivity contribution in [2.24, 2.45) is 5.41 Å². The molecule has 0 N–H and O–H groups in total. The van der Waals surface area contributed by atoms with Crippen LogP contribution in [0.15, 0.2) is 24.3 Å². The SMILES string of the molecule is O=C(CCc1cccc(Cl)c1)N1CCCC2(CCC2)C1. The smallest absolute Gasteiger partial charge is 0.222 e. The van der Waals surface area contributed by atoms with Gasteiger partial charge in [0.2, 0.25) is 5.91 Å². The molecule has 1 saturated heterocycles. The van der Waals surface area contributed by atoms with Crippen LogP contribution < -0.4 is 0 Å². The quantitative estimate of drug-likeness (QED) is 0.822. The van der Waals surface area contributed by atoms with Crippen LogP contribution in [0.25, 0.3) is 0 Å². The fraction of sp³-hybridized carbons (Fsp3) is 0.588. The van der Waals surface area contributed by atoms with Crippen molar-refractivity contribution in [3.63, 3.8) is 0 Å². The Bertz CT molecular complexity index is 496. The van der Waals surface area contributed by atoms with Crippen LogP contribution >= 0.6 is 11.6 Å². The van der Waals surface area contributed by atoms with E-state index in [9.17, 15) is 4.79 Å². The second kappa shape index (κ2) is 5.77. The Morgan fingerprint density at radius 1 is 1.25 bits per heavy atom. The van der Waals surface area contributed by atoms with E-state index in [1.807, 2.05) is 24.3 Å². The second-order valence-electron chi connectivity index (χ2n) is 6.40. The van der Waals surface area contributed by atoms with Gasteiger partial charge in [-0.25, -0.2) is 0 Å². The highest BCUT2D eigenvalue weighted by molar-refractivity contribution is 6.30. The van der Waals surface area contributed by atoms with E-state index in [0.29, 0.717) is 17.7 Å². The number of nitrogens with zero attached hydrogens (tertiary/aromatic N) is 1. The number of rotatable bonds is 3. The third kappa shape index (κ3) is 3.01. The summed E-state index contributed by atoms with van der Waals surface area (Å²) in [7, 11) is 0. The molecule has 1 amide bonds. The van der Waals surface area contributed by atoms with Gasteiger partial charge in [-0.15, -0.1) is 0 Å². The van der Waals surface area contributed by atoms with Crippen molar-refractivity contribution < 1.29 is 4.79 Å². The van der Waals surface area contributed by atoms with Gasteiger partial charge in [0.25, 0.3) is 0 Å². The number of amides is 1. The summed E-state index contributed by atoms with van der Waals surface area (Å²) in [5.41, 5.74) is 1.64. The molecule has 0 aromatic heterocycles. The van der Waals surface area contributed by atoms with Gasteiger partial charge in [0, 0.05) is 24.5 Å². The van der Waals surface area contributed by atoms with E-state index < -0.39 is 0 Å². The normalized spacial score (nSPS) is 20.8. The summed E-state index contributed by atoms with van der Waals surface area (Å²) in [6.45, 7) is 1.96. The first-order chi connectivity index (χ1) is 9.67. The van der Waals surface area contributed by atoms with Crippen molar-refractivity contribution in [3.05, 3.63) is 34.9 Å². The van der Waals surface area contributed by atoms with Gasteiger partial charge in [-0.3, -0.25) is 4.79 Å². The third-order valence-corrected chi connectivity index (χ3v) is 5.18. The molecule has 0 radical (unpaired) electrons. The minimum absolute atomic E-state index is 0.316. The van der Waals surface area contributed by atoms with E-state index in [1.165, 1.54) is 32.1 Å². The van der Waals surface area contributed by atoms with E-state index >= 15 is 0 Å². The molecule has 1 aromatic rings. The summed E-state index contributed by atoms with van der Waals surface area (Å²) in [4.78, 5) is 14.5. The summed E-state index contributed by atoms with van der Waals surface area (Å²) < 4.78 is 0. The van der Waals surface area contributed by atoms with Crippen LogP contribution in [0.5, 0.6) is 0 Å². The van der Waals surface area contributed by atoms with Gasteiger partial charge in [-0.1, -0.05) is 30.2 Å². The number of hydrogen-bond donors (Lipinski definition) is 0. The standard InChI is InChI=1S/C17H22ClNO/c18-15-5-1-4-14(12-15)6-7-16(20)19-11-3-10-17(13-19)8-2-9-17/h1,4-5,12H,2-3,6-11,13H2. The lowest BCUT2D eigenvalue weighted by molar-refractivity contribution is -0.136. The molecule has 1 aliphatic heterocycles. The van der Waals surface area contributed by atoms with Crippen molar-refractivity contribution in [1.29, 1.82) is 0 Å². The average Bonchev–Trinajstić information content (AvgIpc) is 2.43. The number of halogens is 1. The molecule has 0 bridgehead atoms. The number of piperidine rings is 1. The minimum Gasteiger partial charge on any atom is -0.342 e. The fourth-order valence-electron chi connectivity index (χ4n) is 3.61. The van der Waals surface area contributed by atoms with E-state index in [1.54, 1.807) is 0 Å². The van der Waals surface area contributed by atoms with Crippen molar-refractivity contribution in [1.82, 2.24) is 4.90 Å². The molecule has 1 aliphatic carbocycles. The van der Waals surface area contributed by atoms with Crippen LogP contribution in [0.4, 0.5) is 0 Å². The lowest BCUT2D eigenvalue weighted by Gasteiger charge is -2.49. The first-order valence-corrected chi connectivity index (χ1v) is 8.07. The molecule has 2 nitrogen and oxygen atoms in total. The Hall–Kier alpha value is -1.02. The van der Waals surface area contributed by atoms with E-state index in [4.69, 9.17) is 11.6 Å². The van der Waals surface area contributed by atoms with Crippen molar-refractivity contribution >= 4 is 17.5 Å². The predicted molar refractivity (Wildman–Crippen MR) is 81.9 cm³/mol. The molecular weight excluding hydrogens is 270 g/mol. The van der Waals surface area contributed by atoms with Crippen LogP contribution in [0.3, 0.4) is 0 Å². The molecule has 1 aromatic carbocycles. The van der Waals surface area contributed by atoms with Crippen LogP contribution in [-0.2, 0) is 11.2 Å². The van der Waals surface area contributed by atoms with Gasteiger partial charge in [0.05, 0.1) is 0 Å². The highest BCUT2D eigenvalue weighted by atomic mass is 35.5. The summed E-state index contributed by atoms with van der Waals surface area (Å²) in [5, 5.41) is 0.751. The van der Waals surface area contributed by atoms with Crippen molar-refractivity contribution in [2.75, 3.05) is 13.1 Å². The molecule has 0 unspecified atom stereocenters. The molecule has 1 heterocycles. The van der Waals surface area contributed by atoms with Gasteiger partial charge < -0.3 is 4.90 Å². The first-order valence-electron chi connectivity index (χ1n) is 7.69. The first kappa shape index (κ1) is 13.9. The topological polar surface area (TPSA) is 20.3 Å². The number of benzene rings is 1. The highest BCUT2D eigenvalue weighted by Gasteiger charge is 2.41.